The molecule has 1 aromatic heterocycles. The second-order valence-corrected chi connectivity index (χ2v) is 7.20. The first-order valence-corrected chi connectivity index (χ1v) is 8.39. The summed E-state index contributed by atoms with van der Waals surface area (Å²) in [5, 5.41) is 13.5. The largest absolute Gasteiger partial charge is 0.444 e. The lowest BCUT2D eigenvalue weighted by molar-refractivity contribution is 0.0419. The number of amides is 1. The zero-order valence-electron chi connectivity index (χ0n) is 13.9. The monoisotopic (exact) mass is 392 g/mol. The van der Waals surface area contributed by atoms with Gasteiger partial charge in [0.25, 0.3) is 0 Å². The van der Waals surface area contributed by atoms with Crippen molar-refractivity contribution in [3.8, 4) is 0 Å². The molecule has 2 aromatic rings. The van der Waals surface area contributed by atoms with Crippen LogP contribution in [0, 0.1) is 0 Å². The van der Waals surface area contributed by atoms with Crippen molar-refractivity contribution in [2.75, 3.05) is 0 Å². The van der Waals surface area contributed by atoms with Crippen molar-refractivity contribution >= 4 is 22.0 Å². The molecule has 128 valence electrons. The summed E-state index contributed by atoms with van der Waals surface area (Å²) in [7, 11) is 0. The van der Waals surface area contributed by atoms with Crippen molar-refractivity contribution in [1.29, 1.82) is 0 Å². The molecule has 5 nitrogen and oxygen atoms in total. The highest BCUT2D eigenvalue weighted by Crippen LogP contribution is 2.30. The van der Waals surface area contributed by atoms with Gasteiger partial charge in [-0.3, -0.25) is 0 Å². The highest BCUT2D eigenvalue weighted by atomic mass is 79.9. The van der Waals surface area contributed by atoms with Gasteiger partial charge in [-0.25, -0.2) is 9.78 Å². The first kappa shape index (κ1) is 18.4. The maximum absolute atomic E-state index is 12.2. The zero-order chi connectivity index (χ0) is 17.7. The molecule has 2 N–H and O–H groups in total. The van der Waals surface area contributed by atoms with Gasteiger partial charge in [0.05, 0.1) is 6.04 Å². The molecule has 1 heterocycles. The molecule has 0 radical (unpaired) electrons. The molecular weight excluding hydrogens is 372 g/mol. The van der Waals surface area contributed by atoms with Crippen molar-refractivity contribution in [3.63, 3.8) is 0 Å². The summed E-state index contributed by atoms with van der Waals surface area (Å²) in [6.07, 6.45) is 0.101. The number of aromatic nitrogens is 1. The molecule has 24 heavy (non-hydrogen) atoms. The van der Waals surface area contributed by atoms with Gasteiger partial charge in [-0.1, -0.05) is 30.3 Å². The molecule has 0 aliphatic heterocycles. The van der Waals surface area contributed by atoms with Gasteiger partial charge in [0.1, 0.15) is 16.3 Å². The normalized spacial score (nSPS) is 13.9. The van der Waals surface area contributed by atoms with E-state index < -0.39 is 23.8 Å². The van der Waals surface area contributed by atoms with Crippen LogP contribution in [0.4, 0.5) is 4.79 Å². The van der Waals surface area contributed by atoms with Crippen molar-refractivity contribution in [2.45, 2.75) is 38.5 Å². The number of aliphatic hydroxyl groups excluding tert-OH is 1. The van der Waals surface area contributed by atoms with Gasteiger partial charge in [-0.2, -0.15) is 0 Å². The van der Waals surface area contributed by atoms with E-state index in [1.165, 1.54) is 0 Å². The van der Waals surface area contributed by atoms with Crippen LogP contribution in [0.2, 0.25) is 0 Å². The third kappa shape index (κ3) is 5.32. The minimum atomic E-state index is -0.923. The molecule has 2 atom stereocenters. The predicted octanol–water partition coefficient (Wildman–Crippen LogP) is 4.14. The van der Waals surface area contributed by atoms with Crippen LogP contribution in [0.25, 0.3) is 0 Å². The van der Waals surface area contributed by atoms with E-state index in [-0.39, 0.29) is 0 Å². The van der Waals surface area contributed by atoms with Gasteiger partial charge in [-0.05, 0) is 60.0 Å². The molecular formula is C18H21BrN2O3. The number of carbonyl (C=O) groups is 1. The molecule has 0 saturated heterocycles. The summed E-state index contributed by atoms with van der Waals surface area (Å²) in [5.74, 6) is 0. The maximum atomic E-state index is 12.2. The van der Waals surface area contributed by atoms with Crippen LogP contribution in [-0.4, -0.2) is 21.8 Å². The van der Waals surface area contributed by atoms with E-state index in [1.54, 1.807) is 39.1 Å². The first-order chi connectivity index (χ1) is 11.3. The molecule has 2 rings (SSSR count). The summed E-state index contributed by atoms with van der Waals surface area (Å²) in [4.78, 5) is 16.3. The second kappa shape index (κ2) is 7.77. The maximum Gasteiger partial charge on any atom is 0.408 e. The fourth-order valence-corrected chi connectivity index (χ4v) is 2.62. The molecule has 0 fully saturated rings. The number of nitrogens with zero attached hydrogens (tertiary/aromatic N) is 1. The number of rotatable bonds is 4. The predicted molar refractivity (Wildman–Crippen MR) is 95.4 cm³/mol. The second-order valence-electron chi connectivity index (χ2n) is 6.39. The van der Waals surface area contributed by atoms with Crippen LogP contribution < -0.4 is 5.32 Å². The lowest BCUT2D eigenvalue weighted by Crippen LogP contribution is -2.37. The lowest BCUT2D eigenvalue weighted by Gasteiger charge is -2.27. The molecule has 1 amide bonds. The van der Waals surface area contributed by atoms with Crippen LogP contribution in [0.15, 0.2) is 53.3 Å². The summed E-state index contributed by atoms with van der Waals surface area (Å²) in [6, 6.07) is 12.0. The molecule has 1 aromatic carbocycles. The van der Waals surface area contributed by atoms with Gasteiger partial charge in [0.2, 0.25) is 0 Å². The molecule has 6 heteroatoms. The Hall–Kier alpha value is -1.92. The third-order valence-corrected chi connectivity index (χ3v) is 3.67. The first-order valence-electron chi connectivity index (χ1n) is 7.60. The number of nitrogens with one attached hydrogen (secondary N) is 1. The fourth-order valence-electron chi connectivity index (χ4n) is 2.23. The zero-order valence-corrected chi connectivity index (χ0v) is 15.4. The van der Waals surface area contributed by atoms with E-state index in [2.05, 4.69) is 26.2 Å². The number of aliphatic hydroxyl groups is 1. The summed E-state index contributed by atoms with van der Waals surface area (Å²) < 4.78 is 5.94. The highest BCUT2D eigenvalue weighted by Gasteiger charge is 2.27. The number of ether oxygens (including phenoxy) is 1. The molecule has 0 saturated carbocycles. The van der Waals surface area contributed by atoms with E-state index in [0.717, 1.165) is 5.56 Å². The Morgan fingerprint density at radius 3 is 2.46 bits per heavy atom. The molecule has 0 unspecified atom stereocenters. The Bertz CT molecular complexity index is 686. The number of pyridine rings is 1. The van der Waals surface area contributed by atoms with Crippen molar-refractivity contribution in [1.82, 2.24) is 10.3 Å². The summed E-state index contributed by atoms with van der Waals surface area (Å²) >= 11 is 3.31. The van der Waals surface area contributed by atoms with Gasteiger partial charge >= 0.3 is 6.09 Å². The quantitative estimate of drug-likeness (QED) is 0.766. The Labute approximate surface area is 150 Å². The van der Waals surface area contributed by atoms with E-state index in [4.69, 9.17) is 4.74 Å². The number of benzene rings is 1. The van der Waals surface area contributed by atoms with Gasteiger partial charge in [-0.15, -0.1) is 0 Å². The average Bonchev–Trinajstić information content (AvgIpc) is 2.51. The van der Waals surface area contributed by atoms with E-state index in [0.29, 0.717) is 10.2 Å². The van der Waals surface area contributed by atoms with Crippen LogP contribution in [0.3, 0.4) is 0 Å². The molecule has 0 bridgehead atoms. The Morgan fingerprint density at radius 2 is 1.88 bits per heavy atom. The number of carbonyl (C=O) groups excluding carboxylic acids is 1. The molecule has 0 aliphatic carbocycles. The highest BCUT2D eigenvalue weighted by molar-refractivity contribution is 9.10. The SMILES string of the molecule is CC(C)(C)OC(=O)N[C@H](c1ccnc(Br)c1)[C@H](O)c1ccccc1. The van der Waals surface area contributed by atoms with E-state index in [1.807, 2.05) is 30.3 Å². The van der Waals surface area contributed by atoms with Gasteiger partial charge in [0.15, 0.2) is 0 Å². The molecule has 0 aliphatic rings. The Kier molecular flexibility index (Phi) is 5.96. The number of hydrogen-bond donors (Lipinski definition) is 2. The van der Waals surface area contributed by atoms with Crippen LogP contribution in [0.5, 0.6) is 0 Å². The van der Waals surface area contributed by atoms with Crippen molar-refractivity contribution in [2.24, 2.45) is 0 Å². The van der Waals surface area contributed by atoms with E-state index in [9.17, 15) is 9.90 Å². The number of halogens is 1. The van der Waals surface area contributed by atoms with Crippen LogP contribution >= 0.6 is 15.9 Å². The van der Waals surface area contributed by atoms with Crippen molar-refractivity contribution in [3.05, 3.63) is 64.4 Å². The Morgan fingerprint density at radius 1 is 1.21 bits per heavy atom. The smallest absolute Gasteiger partial charge is 0.408 e. The van der Waals surface area contributed by atoms with Gasteiger partial charge < -0.3 is 15.2 Å². The average molecular weight is 393 g/mol. The summed E-state index contributed by atoms with van der Waals surface area (Å²) in [6.45, 7) is 5.37. The molecule has 0 spiro atoms. The summed E-state index contributed by atoms with van der Waals surface area (Å²) in [5.41, 5.74) is 0.802. The fraction of sp³-hybridized carbons (Fsp3) is 0.333. The standard InChI is InChI=1S/C18H21BrN2O3/c1-18(2,3)24-17(23)21-15(13-9-10-20-14(19)11-13)16(22)12-7-5-4-6-8-12/h4-11,15-16,22H,1-3H3,(H,21,23)/t15-,16-/m1/s1. The minimum absolute atomic E-state index is 0.588. The topological polar surface area (TPSA) is 71.5 Å². The van der Waals surface area contributed by atoms with Gasteiger partial charge in [0, 0.05) is 6.20 Å². The van der Waals surface area contributed by atoms with Crippen LogP contribution in [-0.2, 0) is 4.74 Å². The minimum Gasteiger partial charge on any atom is -0.444 e. The number of alkyl carbamates (subject to hydrolysis) is 1. The third-order valence-electron chi connectivity index (χ3n) is 3.24. The lowest BCUT2D eigenvalue weighted by atomic mass is 9.96. The van der Waals surface area contributed by atoms with E-state index >= 15 is 0 Å². The van der Waals surface area contributed by atoms with Crippen LogP contribution in [0.1, 0.15) is 44.0 Å². The Balaban J connectivity index is 2.29. The number of hydrogen-bond acceptors (Lipinski definition) is 4. The van der Waals surface area contributed by atoms with Crippen molar-refractivity contribution < 1.29 is 14.6 Å².